The lowest BCUT2D eigenvalue weighted by molar-refractivity contribution is 0.268. The standard InChI is InChI=1S/C11H13N3O/c12-11(8-15)9-6-13-14(7-9)10-4-2-1-3-5-10/h1-7,11,15H,8,12H2/t11-/m1/s1. The number of hydrogen-bond donors (Lipinski definition) is 2. The van der Waals surface area contributed by atoms with E-state index in [0.29, 0.717) is 0 Å². The average Bonchev–Trinajstić information content (AvgIpc) is 2.78. The Morgan fingerprint density at radius 2 is 2.07 bits per heavy atom. The van der Waals surface area contributed by atoms with Crippen molar-refractivity contribution in [3.8, 4) is 5.69 Å². The predicted molar refractivity (Wildman–Crippen MR) is 57.6 cm³/mol. The van der Waals surface area contributed by atoms with E-state index >= 15 is 0 Å². The van der Waals surface area contributed by atoms with Gasteiger partial charge in [0.15, 0.2) is 0 Å². The molecule has 0 saturated carbocycles. The Bertz CT molecular complexity index is 424. The summed E-state index contributed by atoms with van der Waals surface area (Å²) in [6.45, 7) is -0.0690. The molecule has 0 amide bonds. The van der Waals surface area contributed by atoms with Crippen LogP contribution in [-0.2, 0) is 0 Å². The second-order valence-corrected chi connectivity index (χ2v) is 3.34. The lowest BCUT2D eigenvalue weighted by Gasteiger charge is -2.03. The smallest absolute Gasteiger partial charge is 0.0645 e. The van der Waals surface area contributed by atoms with E-state index in [2.05, 4.69) is 5.10 Å². The fourth-order valence-electron chi connectivity index (χ4n) is 1.36. The summed E-state index contributed by atoms with van der Waals surface area (Å²) in [5.41, 5.74) is 7.50. The van der Waals surface area contributed by atoms with Crippen molar-refractivity contribution in [1.29, 1.82) is 0 Å². The molecule has 3 N–H and O–H groups in total. The summed E-state index contributed by atoms with van der Waals surface area (Å²) >= 11 is 0. The van der Waals surface area contributed by atoms with Crippen molar-refractivity contribution in [3.63, 3.8) is 0 Å². The fraction of sp³-hybridized carbons (Fsp3) is 0.182. The molecule has 78 valence electrons. The van der Waals surface area contributed by atoms with Gasteiger partial charge in [-0.3, -0.25) is 0 Å². The minimum atomic E-state index is -0.359. The van der Waals surface area contributed by atoms with Crippen LogP contribution in [0.4, 0.5) is 0 Å². The zero-order valence-electron chi connectivity index (χ0n) is 8.24. The lowest BCUT2D eigenvalue weighted by atomic mass is 10.2. The molecule has 1 aromatic carbocycles. The highest BCUT2D eigenvalue weighted by molar-refractivity contribution is 5.31. The maximum Gasteiger partial charge on any atom is 0.0645 e. The zero-order chi connectivity index (χ0) is 10.7. The van der Waals surface area contributed by atoms with Gasteiger partial charge in [0.05, 0.1) is 24.5 Å². The zero-order valence-corrected chi connectivity index (χ0v) is 8.24. The van der Waals surface area contributed by atoms with Crippen LogP contribution in [0.3, 0.4) is 0 Å². The number of aliphatic hydroxyl groups is 1. The Labute approximate surface area is 88.0 Å². The first-order chi connectivity index (χ1) is 7.31. The van der Waals surface area contributed by atoms with Crippen LogP contribution >= 0.6 is 0 Å². The quantitative estimate of drug-likeness (QED) is 0.777. The summed E-state index contributed by atoms with van der Waals surface area (Å²) in [5.74, 6) is 0. The number of benzene rings is 1. The first-order valence-electron chi connectivity index (χ1n) is 4.77. The summed E-state index contributed by atoms with van der Waals surface area (Å²) in [6.07, 6.45) is 3.50. The molecule has 4 nitrogen and oxygen atoms in total. The third kappa shape index (κ3) is 2.06. The van der Waals surface area contributed by atoms with E-state index in [1.807, 2.05) is 36.5 Å². The van der Waals surface area contributed by atoms with Crippen molar-refractivity contribution in [3.05, 3.63) is 48.3 Å². The van der Waals surface area contributed by atoms with Gasteiger partial charge in [-0.15, -0.1) is 0 Å². The molecule has 2 aromatic rings. The number of aromatic nitrogens is 2. The fourth-order valence-corrected chi connectivity index (χ4v) is 1.36. The van der Waals surface area contributed by atoms with E-state index in [0.717, 1.165) is 11.3 Å². The van der Waals surface area contributed by atoms with Crippen LogP contribution in [0.25, 0.3) is 5.69 Å². The van der Waals surface area contributed by atoms with Crippen LogP contribution in [0.1, 0.15) is 11.6 Å². The molecule has 2 rings (SSSR count). The van der Waals surface area contributed by atoms with Gasteiger partial charge >= 0.3 is 0 Å². The van der Waals surface area contributed by atoms with Gasteiger partial charge in [-0.1, -0.05) is 18.2 Å². The highest BCUT2D eigenvalue weighted by Gasteiger charge is 2.07. The number of para-hydroxylation sites is 1. The molecule has 0 radical (unpaired) electrons. The molecule has 0 aliphatic heterocycles. The second kappa shape index (κ2) is 4.25. The van der Waals surface area contributed by atoms with Crippen LogP contribution < -0.4 is 5.73 Å². The number of aliphatic hydroxyl groups excluding tert-OH is 1. The van der Waals surface area contributed by atoms with Gasteiger partial charge in [-0.2, -0.15) is 5.10 Å². The first-order valence-corrected chi connectivity index (χ1v) is 4.77. The monoisotopic (exact) mass is 203 g/mol. The molecular weight excluding hydrogens is 190 g/mol. The van der Waals surface area contributed by atoms with E-state index in [-0.39, 0.29) is 12.6 Å². The second-order valence-electron chi connectivity index (χ2n) is 3.34. The van der Waals surface area contributed by atoms with Gasteiger partial charge in [0.1, 0.15) is 0 Å². The molecule has 0 aliphatic rings. The van der Waals surface area contributed by atoms with E-state index in [1.165, 1.54) is 0 Å². The van der Waals surface area contributed by atoms with Crippen LogP contribution in [-0.4, -0.2) is 21.5 Å². The maximum absolute atomic E-state index is 8.91. The number of nitrogens with zero attached hydrogens (tertiary/aromatic N) is 2. The number of rotatable bonds is 3. The Morgan fingerprint density at radius 3 is 2.73 bits per heavy atom. The third-order valence-corrected chi connectivity index (χ3v) is 2.25. The SMILES string of the molecule is N[C@H](CO)c1cnn(-c2ccccc2)c1. The van der Waals surface area contributed by atoms with Gasteiger partial charge in [-0.25, -0.2) is 4.68 Å². The summed E-state index contributed by atoms with van der Waals surface area (Å²) in [5, 5.41) is 13.1. The van der Waals surface area contributed by atoms with Crippen LogP contribution in [0.15, 0.2) is 42.7 Å². The Balaban J connectivity index is 2.28. The van der Waals surface area contributed by atoms with Crippen molar-refractivity contribution in [2.75, 3.05) is 6.61 Å². The molecule has 4 heteroatoms. The molecule has 0 saturated heterocycles. The molecule has 1 heterocycles. The van der Waals surface area contributed by atoms with Gasteiger partial charge in [0, 0.05) is 11.8 Å². The van der Waals surface area contributed by atoms with Crippen molar-refractivity contribution in [2.24, 2.45) is 5.73 Å². The molecule has 0 aliphatic carbocycles. The number of hydrogen-bond acceptors (Lipinski definition) is 3. The van der Waals surface area contributed by atoms with Crippen molar-refractivity contribution >= 4 is 0 Å². The predicted octanol–water partition coefficient (Wildman–Crippen LogP) is 0.864. The van der Waals surface area contributed by atoms with E-state index in [9.17, 15) is 0 Å². The summed E-state index contributed by atoms with van der Waals surface area (Å²) in [4.78, 5) is 0. The van der Waals surface area contributed by atoms with Crippen LogP contribution in [0, 0.1) is 0 Å². The minimum Gasteiger partial charge on any atom is -0.394 e. The molecule has 0 unspecified atom stereocenters. The Morgan fingerprint density at radius 1 is 1.33 bits per heavy atom. The highest BCUT2D eigenvalue weighted by Crippen LogP contribution is 2.11. The molecule has 0 fully saturated rings. The van der Waals surface area contributed by atoms with Gasteiger partial charge in [0.25, 0.3) is 0 Å². The van der Waals surface area contributed by atoms with E-state index in [4.69, 9.17) is 10.8 Å². The summed E-state index contributed by atoms with van der Waals surface area (Å²) < 4.78 is 1.74. The molecule has 1 aromatic heterocycles. The van der Waals surface area contributed by atoms with Crippen LogP contribution in [0.5, 0.6) is 0 Å². The van der Waals surface area contributed by atoms with Crippen LogP contribution in [0.2, 0.25) is 0 Å². The van der Waals surface area contributed by atoms with E-state index in [1.54, 1.807) is 10.9 Å². The highest BCUT2D eigenvalue weighted by atomic mass is 16.3. The van der Waals surface area contributed by atoms with Crippen molar-refractivity contribution < 1.29 is 5.11 Å². The third-order valence-electron chi connectivity index (χ3n) is 2.25. The summed E-state index contributed by atoms with van der Waals surface area (Å²) in [6, 6.07) is 9.41. The summed E-state index contributed by atoms with van der Waals surface area (Å²) in [7, 11) is 0. The molecule has 1 atom stereocenters. The molecular formula is C11H13N3O. The number of nitrogens with two attached hydrogens (primary N) is 1. The largest absolute Gasteiger partial charge is 0.394 e. The maximum atomic E-state index is 8.91. The average molecular weight is 203 g/mol. The first kappa shape index (κ1) is 9.89. The van der Waals surface area contributed by atoms with E-state index < -0.39 is 0 Å². The van der Waals surface area contributed by atoms with Gasteiger partial charge < -0.3 is 10.8 Å². The topological polar surface area (TPSA) is 64.1 Å². The van der Waals surface area contributed by atoms with Gasteiger partial charge in [0.2, 0.25) is 0 Å². The molecule has 15 heavy (non-hydrogen) atoms. The molecule has 0 spiro atoms. The normalized spacial score (nSPS) is 12.7. The minimum absolute atomic E-state index is 0.0690. The van der Waals surface area contributed by atoms with Crippen molar-refractivity contribution in [1.82, 2.24) is 9.78 Å². The van der Waals surface area contributed by atoms with Crippen molar-refractivity contribution in [2.45, 2.75) is 6.04 Å². The Hall–Kier alpha value is -1.65. The Kier molecular flexibility index (Phi) is 2.80. The lowest BCUT2D eigenvalue weighted by Crippen LogP contribution is -2.13. The van der Waals surface area contributed by atoms with Gasteiger partial charge in [-0.05, 0) is 12.1 Å². The molecule has 0 bridgehead atoms.